The van der Waals surface area contributed by atoms with Crippen molar-refractivity contribution in [3.8, 4) is 0 Å². The molecule has 0 saturated heterocycles. The third-order valence-corrected chi connectivity index (χ3v) is 5.02. The molecule has 0 aliphatic heterocycles. The molecule has 1 N–H and O–H groups in total. The third-order valence-electron chi connectivity index (χ3n) is 4.21. The number of thiazole rings is 1. The number of aryl methyl sites for hydroxylation is 3. The molecule has 3 aromatic heterocycles. The molecular formula is C18H20N4O4S. The van der Waals surface area contributed by atoms with E-state index in [4.69, 9.17) is 8.94 Å². The lowest BCUT2D eigenvalue weighted by atomic mass is 10.2. The van der Waals surface area contributed by atoms with Gasteiger partial charge in [0.15, 0.2) is 5.13 Å². The largest absolute Gasteiger partial charge is 0.469 e. The molecule has 0 bridgehead atoms. The SMILES string of the molecule is Cc1noc(C)c1CN(C)C(=O)Cc1csc(NC(=O)c2ccoc2C)n1. The molecule has 3 heterocycles. The number of furan rings is 1. The number of nitrogens with zero attached hydrogens (tertiary/aromatic N) is 3. The monoisotopic (exact) mass is 388 g/mol. The van der Waals surface area contributed by atoms with Gasteiger partial charge in [-0.3, -0.25) is 14.9 Å². The number of carbonyl (C=O) groups is 2. The van der Waals surface area contributed by atoms with Crippen molar-refractivity contribution in [2.24, 2.45) is 0 Å². The molecule has 0 atom stereocenters. The minimum atomic E-state index is -0.288. The van der Waals surface area contributed by atoms with E-state index in [9.17, 15) is 9.59 Å². The Morgan fingerprint density at radius 3 is 2.67 bits per heavy atom. The van der Waals surface area contributed by atoms with Crippen molar-refractivity contribution in [3.63, 3.8) is 0 Å². The van der Waals surface area contributed by atoms with E-state index in [-0.39, 0.29) is 18.2 Å². The van der Waals surface area contributed by atoms with Gasteiger partial charge in [-0.15, -0.1) is 11.3 Å². The molecule has 0 saturated carbocycles. The van der Waals surface area contributed by atoms with Crippen molar-refractivity contribution in [2.75, 3.05) is 12.4 Å². The van der Waals surface area contributed by atoms with Crippen molar-refractivity contribution in [1.82, 2.24) is 15.0 Å². The molecular weight excluding hydrogens is 368 g/mol. The number of likely N-dealkylation sites (N-methyl/N-ethyl adjacent to an activating group) is 1. The van der Waals surface area contributed by atoms with Gasteiger partial charge in [-0.05, 0) is 26.8 Å². The molecule has 2 amide bonds. The minimum Gasteiger partial charge on any atom is -0.469 e. The maximum absolute atomic E-state index is 12.5. The van der Waals surface area contributed by atoms with Gasteiger partial charge in [0, 0.05) is 18.0 Å². The van der Waals surface area contributed by atoms with E-state index >= 15 is 0 Å². The number of aromatic nitrogens is 2. The molecule has 9 heteroatoms. The summed E-state index contributed by atoms with van der Waals surface area (Å²) in [6.45, 7) is 5.81. The topological polar surface area (TPSA) is 101 Å². The van der Waals surface area contributed by atoms with Crippen molar-refractivity contribution in [1.29, 1.82) is 0 Å². The second kappa shape index (κ2) is 7.75. The zero-order chi connectivity index (χ0) is 19.6. The summed E-state index contributed by atoms with van der Waals surface area (Å²) in [4.78, 5) is 30.6. The van der Waals surface area contributed by atoms with Crippen LogP contribution in [0.25, 0.3) is 0 Å². The smallest absolute Gasteiger partial charge is 0.260 e. The Labute approximate surface area is 160 Å². The average molecular weight is 388 g/mol. The Bertz CT molecular complexity index is 952. The quantitative estimate of drug-likeness (QED) is 0.696. The lowest BCUT2D eigenvalue weighted by Crippen LogP contribution is -2.28. The molecule has 0 unspecified atom stereocenters. The molecule has 27 heavy (non-hydrogen) atoms. The maximum Gasteiger partial charge on any atom is 0.260 e. The summed E-state index contributed by atoms with van der Waals surface area (Å²) in [6, 6.07) is 1.60. The number of anilines is 1. The molecule has 0 fully saturated rings. The van der Waals surface area contributed by atoms with Crippen LogP contribution in [0.5, 0.6) is 0 Å². The van der Waals surface area contributed by atoms with Gasteiger partial charge in [0.1, 0.15) is 11.5 Å². The van der Waals surface area contributed by atoms with Crippen LogP contribution in [0.2, 0.25) is 0 Å². The second-order valence-electron chi connectivity index (χ2n) is 6.22. The highest BCUT2D eigenvalue weighted by Gasteiger charge is 2.18. The fourth-order valence-electron chi connectivity index (χ4n) is 2.57. The van der Waals surface area contributed by atoms with E-state index in [0.29, 0.717) is 34.5 Å². The third kappa shape index (κ3) is 4.25. The van der Waals surface area contributed by atoms with E-state index in [1.165, 1.54) is 17.6 Å². The van der Waals surface area contributed by atoms with Crippen molar-refractivity contribution < 1.29 is 18.5 Å². The normalized spacial score (nSPS) is 10.8. The van der Waals surface area contributed by atoms with E-state index in [1.807, 2.05) is 13.8 Å². The Morgan fingerprint density at radius 1 is 1.26 bits per heavy atom. The van der Waals surface area contributed by atoms with Crippen LogP contribution in [0.4, 0.5) is 5.13 Å². The van der Waals surface area contributed by atoms with Gasteiger partial charge in [-0.25, -0.2) is 4.98 Å². The first-order valence-electron chi connectivity index (χ1n) is 8.30. The van der Waals surface area contributed by atoms with Gasteiger partial charge < -0.3 is 13.8 Å². The maximum atomic E-state index is 12.5. The highest BCUT2D eigenvalue weighted by atomic mass is 32.1. The summed E-state index contributed by atoms with van der Waals surface area (Å²) in [5, 5.41) is 8.83. The lowest BCUT2D eigenvalue weighted by molar-refractivity contribution is -0.129. The summed E-state index contributed by atoms with van der Waals surface area (Å²) in [5.41, 5.74) is 2.75. The standard InChI is InChI=1S/C18H20N4O4S/c1-10-15(12(3)26-21-10)8-22(4)16(23)7-13-9-27-18(19-13)20-17(24)14-5-6-25-11(14)2/h5-6,9H,7-8H2,1-4H3,(H,19,20,24). The lowest BCUT2D eigenvalue weighted by Gasteiger charge is -2.16. The van der Waals surface area contributed by atoms with Gasteiger partial charge in [-0.2, -0.15) is 0 Å². The summed E-state index contributed by atoms with van der Waals surface area (Å²) in [7, 11) is 1.73. The van der Waals surface area contributed by atoms with Crippen LogP contribution < -0.4 is 5.32 Å². The van der Waals surface area contributed by atoms with Crippen LogP contribution in [0, 0.1) is 20.8 Å². The van der Waals surface area contributed by atoms with Crippen LogP contribution in [0.1, 0.15) is 38.8 Å². The molecule has 3 aromatic rings. The number of nitrogens with one attached hydrogen (secondary N) is 1. The van der Waals surface area contributed by atoms with E-state index in [2.05, 4.69) is 15.5 Å². The van der Waals surface area contributed by atoms with Crippen LogP contribution in [0.15, 0.2) is 26.6 Å². The molecule has 0 radical (unpaired) electrons. The van der Waals surface area contributed by atoms with Gasteiger partial charge in [0.2, 0.25) is 5.91 Å². The predicted octanol–water partition coefficient (Wildman–Crippen LogP) is 3.10. The zero-order valence-corrected chi connectivity index (χ0v) is 16.3. The fraction of sp³-hybridized carbons (Fsp3) is 0.333. The molecule has 0 aliphatic carbocycles. The summed E-state index contributed by atoms with van der Waals surface area (Å²) in [5.74, 6) is 0.883. The highest BCUT2D eigenvalue weighted by Crippen LogP contribution is 2.19. The number of hydrogen-bond acceptors (Lipinski definition) is 7. The fourth-order valence-corrected chi connectivity index (χ4v) is 3.28. The molecule has 142 valence electrons. The first-order valence-corrected chi connectivity index (χ1v) is 9.18. The molecule has 8 nitrogen and oxygen atoms in total. The van der Waals surface area contributed by atoms with Crippen LogP contribution in [0.3, 0.4) is 0 Å². The first kappa shape index (κ1) is 18.8. The number of carbonyl (C=O) groups excluding carboxylic acids is 2. The van der Waals surface area contributed by atoms with Crippen LogP contribution in [-0.2, 0) is 17.8 Å². The Balaban J connectivity index is 1.59. The van der Waals surface area contributed by atoms with E-state index in [1.54, 1.807) is 30.3 Å². The van der Waals surface area contributed by atoms with Gasteiger partial charge in [-0.1, -0.05) is 5.16 Å². The molecule has 0 aliphatic rings. The second-order valence-corrected chi connectivity index (χ2v) is 7.08. The van der Waals surface area contributed by atoms with Crippen LogP contribution >= 0.6 is 11.3 Å². The molecule has 0 spiro atoms. The van der Waals surface area contributed by atoms with E-state index in [0.717, 1.165) is 11.3 Å². The summed E-state index contributed by atoms with van der Waals surface area (Å²) in [6.07, 6.45) is 1.61. The van der Waals surface area contributed by atoms with Gasteiger partial charge in [0.25, 0.3) is 5.91 Å². The predicted molar refractivity (Wildman–Crippen MR) is 99.7 cm³/mol. The van der Waals surface area contributed by atoms with Crippen molar-refractivity contribution >= 4 is 28.3 Å². The Kier molecular flexibility index (Phi) is 5.41. The number of rotatable bonds is 6. The molecule has 3 rings (SSSR count). The van der Waals surface area contributed by atoms with Gasteiger partial charge in [0.05, 0.1) is 36.2 Å². The van der Waals surface area contributed by atoms with Crippen molar-refractivity contribution in [2.45, 2.75) is 33.7 Å². The summed E-state index contributed by atoms with van der Waals surface area (Å²) < 4.78 is 10.3. The summed E-state index contributed by atoms with van der Waals surface area (Å²) >= 11 is 1.28. The minimum absolute atomic E-state index is 0.0798. The van der Waals surface area contributed by atoms with E-state index < -0.39 is 0 Å². The highest BCUT2D eigenvalue weighted by molar-refractivity contribution is 7.14. The number of hydrogen-bond donors (Lipinski definition) is 1. The zero-order valence-electron chi connectivity index (χ0n) is 15.5. The molecule has 0 aromatic carbocycles. The van der Waals surface area contributed by atoms with Gasteiger partial charge >= 0.3 is 0 Å². The van der Waals surface area contributed by atoms with Crippen molar-refractivity contribution in [3.05, 3.63) is 51.7 Å². The number of amides is 2. The Morgan fingerprint density at radius 2 is 2.04 bits per heavy atom. The average Bonchev–Trinajstić information content (AvgIpc) is 3.32. The Hall–Kier alpha value is -2.94. The first-order chi connectivity index (χ1) is 12.8. The van der Waals surface area contributed by atoms with Crippen LogP contribution in [-0.4, -0.2) is 33.9 Å².